The number of nitrogen functional groups attached to an aromatic ring is 1. The molecule has 78 valence electrons. The highest BCUT2D eigenvalue weighted by molar-refractivity contribution is 9.08. The number of pyridine rings is 1. The van der Waals surface area contributed by atoms with E-state index in [2.05, 4.69) is 20.9 Å². The molecular weight excluding hydrogens is 258 g/mol. The number of hydrogen-bond acceptors (Lipinski definition) is 3. The molecule has 0 saturated heterocycles. The maximum absolute atomic E-state index is 12.5. The first-order valence-corrected chi connectivity index (χ1v) is 4.95. The minimum atomic E-state index is -2.72. The molecule has 0 aromatic carbocycles. The van der Waals surface area contributed by atoms with Crippen molar-refractivity contribution in [3.05, 3.63) is 23.0 Å². The van der Waals surface area contributed by atoms with Gasteiger partial charge in [-0.2, -0.15) is 0 Å². The van der Waals surface area contributed by atoms with Crippen molar-refractivity contribution < 1.29 is 13.9 Å². The highest BCUT2D eigenvalue weighted by Crippen LogP contribution is 2.26. The molecule has 1 heterocycles. The molecule has 1 rings (SSSR count). The molecule has 0 amide bonds. The smallest absolute Gasteiger partial charge is 0.280 e. The van der Waals surface area contributed by atoms with Gasteiger partial charge in [-0.1, -0.05) is 15.9 Å². The summed E-state index contributed by atoms with van der Waals surface area (Å²) in [6.45, 7) is -0.527. The van der Waals surface area contributed by atoms with Crippen molar-refractivity contribution in [3.63, 3.8) is 0 Å². The normalized spacial score (nSPS) is 10.9. The number of nitrogens with zero attached hydrogens (tertiary/aromatic N) is 1. The molecule has 0 unspecified atom stereocenters. The van der Waals surface area contributed by atoms with Crippen LogP contribution in [0, 0.1) is 0 Å². The van der Waals surface area contributed by atoms with Crippen LogP contribution in [0.5, 0.6) is 0 Å². The SMILES string of the molecule is Nc1cc(CBr)nc(C(F)F)c1CO. The van der Waals surface area contributed by atoms with Crippen LogP contribution in [0.4, 0.5) is 14.5 Å². The van der Waals surface area contributed by atoms with Gasteiger partial charge in [0, 0.05) is 16.6 Å². The lowest BCUT2D eigenvalue weighted by atomic mass is 10.1. The number of anilines is 1. The fraction of sp³-hybridized carbons (Fsp3) is 0.375. The average molecular weight is 267 g/mol. The number of aliphatic hydroxyl groups is 1. The zero-order valence-electron chi connectivity index (χ0n) is 7.17. The number of aromatic nitrogens is 1. The molecule has 0 radical (unpaired) electrons. The standard InChI is InChI=1S/C8H9BrF2N2O/c9-2-4-1-6(12)5(3-14)7(13-4)8(10)11/h1,8,14H,2-3H2,(H2,12,13). The fourth-order valence-electron chi connectivity index (χ4n) is 1.09. The van der Waals surface area contributed by atoms with Crippen LogP contribution < -0.4 is 5.73 Å². The summed E-state index contributed by atoms with van der Waals surface area (Å²) < 4.78 is 24.9. The van der Waals surface area contributed by atoms with Crippen molar-refractivity contribution in [1.29, 1.82) is 0 Å². The van der Waals surface area contributed by atoms with Crippen molar-refractivity contribution >= 4 is 21.6 Å². The van der Waals surface area contributed by atoms with Gasteiger partial charge >= 0.3 is 0 Å². The van der Waals surface area contributed by atoms with E-state index in [1.165, 1.54) is 6.07 Å². The van der Waals surface area contributed by atoms with Crippen molar-refractivity contribution in [2.24, 2.45) is 0 Å². The second-order valence-electron chi connectivity index (χ2n) is 2.66. The van der Waals surface area contributed by atoms with Crippen LogP contribution in [0.25, 0.3) is 0 Å². The summed E-state index contributed by atoms with van der Waals surface area (Å²) in [4.78, 5) is 3.69. The Balaban J connectivity index is 3.28. The van der Waals surface area contributed by atoms with E-state index in [0.717, 1.165) is 0 Å². The van der Waals surface area contributed by atoms with E-state index in [0.29, 0.717) is 11.0 Å². The number of halogens is 3. The quantitative estimate of drug-likeness (QED) is 0.823. The van der Waals surface area contributed by atoms with Gasteiger partial charge in [-0.05, 0) is 6.07 Å². The molecule has 6 heteroatoms. The maximum Gasteiger partial charge on any atom is 0.280 e. The molecule has 0 aliphatic rings. The summed E-state index contributed by atoms with van der Waals surface area (Å²) in [5.74, 6) is 0. The third-order valence-electron chi connectivity index (χ3n) is 1.75. The van der Waals surface area contributed by atoms with E-state index in [-0.39, 0.29) is 11.3 Å². The lowest BCUT2D eigenvalue weighted by Crippen LogP contribution is -2.06. The van der Waals surface area contributed by atoms with Crippen molar-refractivity contribution in [2.45, 2.75) is 18.4 Å². The van der Waals surface area contributed by atoms with Gasteiger partial charge in [0.1, 0.15) is 5.69 Å². The first-order valence-electron chi connectivity index (χ1n) is 3.83. The minimum Gasteiger partial charge on any atom is -0.398 e. The molecule has 0 aliphatic heterocycles. The second-order valence-corrected chi connectivity index (χ2v) is 3.22. The van der Waals surface area contributed by atoms with E-state index in [1.807, 2.05) is 0 Å². The Bertz CT molecular complexity index is 333. The van der Waals surface area contributed by atoms with Crippen molar-refractivity contribution in [3.8, 4) is 0 Å². The molecular formula is C8H9BrF2N2O. The first-order chi connectivity index (χ1) is 6.60. The Hall–Kier alpha value is -0.750. The Kier molecular flexibility index (Phi) is 3.77. The number of hydrogen-bond donors (Lipinski definition) is 2. The number of rotatable bonds is 3. The van der Waals surface area contributed by atoms with Gasteiger partial charge in [0.25, 0.3) is 6.43 Å². The zero-order valence-corrected chi connectivity index (χ0v) is 8.76. The minimum absolute atomic E-state index is 0.00435. The highest BCUT2D eigenvalue weighted by Gasteiger charge is 2.17. The maximum atomic E-state index is 12.5. The summed E-state index contributed by atoms with van der Waals surface area (Å²) in [7, 11) is 0. The Labute approximate surface area is 88.1 Å². The molecule has 14 heavy (non-hydrogen) atoms. The summed E-state index contributed by atoms with van der Waals surface area (Å²) >= 11 is 3.10. The average Bonchev–Trinajstić information content (AvgIpc) is 2.16. The number of nitrogens with two attached hydrogens (primary N) is 1. The predicted molar refractivity (Wildman–Crippen MR) is 52.2 cm³/mol. The summed E-state index contributed by atoms with van der Waals surface area (Å²) in [5, 5.41) is 9.20. The van der Waals surface area contributed by atoms with Gasteiger partial charge < -0.3 is 10.8 Å². The van der Waals surface area contributed by atoms with Gasteiger partial charge in [0.05, 0.1) is 12.3 Å². The van der Waals surface area contributed by atoms with Crippen LogP contribution in [-0.2, 0) is 11.9 Å². The molecule has 3 N–H and O–H groups in total. The molecule has 3 nitrogen and oxygen atoms in total. The third kappa shape index (κ3) is 2.19. The lowest BCUT2D eigenvalue weighted by molar-refractivity contribution is 0.141. The molecule has 1 aromatic heterocycles. The Morgan fingerprint density at radius 3 is 2.64 bits per heavy atom. The molecule has 0 saturated carbocycles. The zero-order chi connectivity index (χ0) is 10.7. The summed E-state index contributed by atoms with van der Waals surface area (Å²) in [5.41, 5.74) is 5.63. The fourth-order valence-corrected chi connectivity index (χ4v) is 1.38. The summed E-state index contributed by atoms with van der Waals surface area (Å²) in [6, 6.07) is 1.46. The monoisotopic (exact) mass is 266 g/mol. The van der Waals surface area contributed by atoms with Crippen molar-refractivity contribution in [1.82, 2.24) is 4.98 Å². The van der Waals surface area contributed by atoms with Crippen molar-refractivity contribution in [2.75, 3.05) is 5.73 Å². The van der Waals surface area contributed by atoms with Gasteiger partial charge in [0.15, 0.2) is 0 Å². The largest absolute Gasteiger partial charge is 0.398 e. The van der Waals surface area contributed by atoms with Crippen LogP contribution in [-0.4, -0.2) is 10.1 Å². The van der Waals surface area contributed by atoms with Crippen LogP contribution in [0.2, 0.25) is 0 Å². The molecule has 0 aliphatic carbocycles. The van der Waals surface area contributed by atoms with Gasteiger partial charge in [-0.25, -0.2) is 8.78 Å². The number of alkyl halides is 3. The second kappa shape index (κ2) is 4.65. The Morgan fingerprint density at radius 2 is 2.21 bits per heavy atom. The van der Waals surface area contributed by atoms with Crippen LogP contribution in [0.15, 0.2) is 6.07 Å². The molecule has 1 aromatic rings. The van der Waals surface area contributed by atoms with E-state index >= 15 is 0 Å². The van der Waals surface area contributed by atoms with E-state index in [1.54, 1.807) is 0 Å². The van der Waals surface area contributed by atoms with E-state index in [9.17, 15) is 8.78 Å². The van der Waals surface area contributed by atoms with Gasteiger partial charge in [-0.3, -0.25) is 4.98 Å². The first kappa shape index (κ1) is 11.3. The topological polar surface area (TPSA) is 59.1 Å². The summed E-state index contributed by atoms with van der Waals surface area (Å²) in [6.07, 6.45) is -2.72. The van der Waals surface area contributed by atoms with Crippen LogP contribution in [0.1, 0.15) is 23.4 Å². The molecule has 0 fully saturated rings. The number of aliphatic hydroxyl groups excluding tert-OH is 1. The van der Waals surface area contributed by atoms with Gasteiger partial charge in [-0.15, -0.1) is 0 Å². The van der Waals surface area contributed by atoms with Gasteiger partial charge in [0.2, 0.25) is 0 Å². The lowest BCUT2D eigenvalue weighted by Gasteiger charge is -2.10. The van der Waals surface area contributed by atoms with Crippen LogP contribution in [0.3, 0.4) is 0 Å². The van der Waals surface area contributed by atoms with Crippen LogP contribution >= 0.6 is 15.9 Å². The Morgan fingerprint density at radius 1 is 1.57 bits per heavy atom. The van der Waals surface area contributed by atoms with E-state index in [4.69, 9.17) is 10.8 Å². The molecule has 0 spiro atoms. The molecule has 0 bridgehead atoms. The van der Waals surface area contributed by atoms with E-state index < -0.39 is 18.7 Å². The molecule has 0 atom stereocenters. The third-order valence-corrected chi connectivity index (χ3v) is 2.32. The highest BCUT2D eigenvalue weighted by atomic mass is 79.9. The predicted octanol–water partition coefficient (Wildman–Crippen LogP) is 1.99.